The van der Waals surface area contributed by atoms with Crippen molar-refractivity contribution in [3.63, 3.8) is 0 Å². The Hall–Kier alpha value is -2.33. The van der Waals surface area contributed by atoms with Gasteiger partial charge in [0, 0.05) is 16.0 Å². The summed E-state index contributed by atoms with van der Waals surface area (Å²) in [7, 11) is 0. The molecule has 0 atom stereocenters. The van der Waals surface area contributed by atoms with E-state index in [2.05, 4.69) is 11.1 Å². The van der Waals surface area contributed by atoms with Gasteiger partial charge in [-0.2, -0.15) is 0 Å². The quantitative estimate of drug-likeness (QED) is 0.732. The van der Waals surface area contributed by atoms with Crippen molar-refractivity contribution in [3.05, 3.63) is 71.9 Å². The molecule has 0 fully saturated rings. The van der Waals surface area contributed by atoms with Gasteiger partial charge in [-0.15, -0.1) is 11.8 Å². The molecule has 4 heteroatoms. The molecule has 1 N–H and O–H groups in total. The van der Waals surface area contributed by atoms with Gasteiger partial charge in [0.15, 0.2) is 0 Å². The lowest BCUT2D eigenvalue weighted by atomic mass is 10.2. The highest BCUT2D eigenvalue weighted by molar-refractivity contribution is 7.98. The zero-order chi connectivity index (χ0) is 14.7. The summed E-state index contributed by atoms with van der Waals surface area (Å²) in [5.41, 5.74) is 2.32. The van der Waals surface area contributed by atoms with Crippen LogP contribution in [0.25, 0.3) is 10.9 Å². The molecular weight excluding hydrogens is 282 g/mol. The van der Waals surface area contributed by atoms with E-state index in [0.717, 1.165) is 27.2 Å². The molecule has 0 amide bonds. The molecule has 21 heavy (non-hydrogen) atoms. The van der Waals surface area contributed by atoms with Crippen molar-refractivity contribution >= 4 is 28.6 Å². The minimum Gasteiger partial charge on any atom is -0.478 e. The summed E-state index contributed by atoms with van der Waals surface area (Å²) in [5.74, 6) is -0.139. The summed E-state index contributed by atoms with van der Waals surface area (Å²) in [5, 5.41) is 10.0. The fraction of sp³-hybridized carbons (Fsp3) is 0.0588. The van der Waals surface area contributed by atoms with Gasteiger partial charge in [0.25, 0.3) is 0 Å². The fourth-order valence-electron chi connectivity index (χ4n) is 2.04. The number of aromatic nitrogens is 1. The van der Waals surface area contributed by atoms with Crippen molar-refractivity contribution in [2.24, 2.45) is 0 Å². The largest absolute Gasteiger partial charge is 0.478 e. The first-order valence-corrected chi connectivity index (χ1v) is 7.52. The van der Waals surface area contributed by atoms with Crippen molar-refractivity contribution in [3.8, 4) is 0 Å². The lowest BCUT2D eigenvalue weighted by Crippen LogP contribution is -1.94. The number of hydrogen-bond donors (Lipinski definition) is 1. The normalized spacial score (nSPS) is 10.7. The molecule has 0 spiro atoms. The van der Waals surface area contributed by atoms with Crippen LogP contribution in [0.2, 0.25) is 0 Å². The maximum atomic E-state index is 10.8. The third kappa shape index (κ3) is 3.23. The van der Waals surface area contributed by atoms with Gasteiger partial charge in [-0.3, -0.25) is 4.98 Å². The summed E-state index contributed by atoms with van der Waals surface area (Å²) in [6.45, 7) is 0. The molecule has 104 valence electrons. The molecule has 3 aromatic rings. The van der Waals surface area contributed by atoms with E-state index in [1.165, 1.54) is 0 Å². The average Bonchev–Trinajstić information content (AvgIpc) is 2.53. The predicted molar refractivity (Wildman–Crippen MR) is 84.7 cm³/mol. The minimum absolute atomic E-state index is 0.309. The monoisotopic (exact) mass is 295 g/mol. The molecule has 3 nitrogen and oxygen atoms in total. The standard InChI is InChI=1S/C17H13NO2S/c19-17(20)13-6-9-15(10-7-13)21-11-14-8-5-12-3-1-2-4-16(12)18-14/h1-10H,11H2,(H,19,20). The van der Waals surface area contributed by atoms with E-state index in [1.54, 1.807) is 23.9 Å². The first-order valence-electron chi connectivity index (χ1n) is 6.53. The van der Waals surface area contributed by atoms with Crippen LogP contribution >= 0.6 is 11.8 Å². The Labute approximate surface area is 126 Å². The number of hydrogen-bond acceptors (Lipinski definition) is 3. The third-order valence-electron chi connectivity index (χ3n) is 3.14. The maximum Gasteiger partial charge on any atom is 0.335 e. The molecule has 0 aliphatic heterocycles. The fourth-order valence-corrected chi connectivity index (χ4v) is 2.84. The van der Waals surface area contributed by atoms with Gasteiger partial charge in [-0.05, 0) is 36.4 Å². The van der Waals surface area contributed by atoms with Gasteiger partial charge < -0.3 is 5.11 Å². The Morgan fingerprint density at radius 2 is 1.76 bits per heavy atom. The van der Waals surface area contributed by atoms with Crippen LogP contribution in [-0.4, -0.2) is 16.1 Å². The van der Waals surface area contributed by atoms with Crippen LogP contribution < -0.4 is 0 Å². The van der Waals surface area contributed by atoms with Gasteiger partial charge in [-0.25, -0.2) is 4.79 Å². The highest BCUT2D eigenvalue weighted by Crippen LogP contribution is 2.23. The van der Waals surface area contributed by atoms with Crippen LogP contribution in [0.5, 0.6) is 0 Å². The van der Waals surface area contributed by atoms with E-state index in [9.17, 15) is 4.79 Å². The number of para-hydroxylation sites is 1. The summed E-state index contributed by atoms with van der Waals surface area (Å²) < 4.78 is 0. The summed E-state index contributed by atoms with van der Waals surface area (Å²) >= 11 is 1.65. The molecule has 3 rings (SSSR count). The van der Waals surface area contributed by atoms with Gasteiger partial charge in [0.1, 0.15) is 0 Å². The highest BCUT2D eigenvalue weighted by atomic mass is 32.2. The molecule has 0 unspecified atom stereocenters. The average molecular weight is 295 g/mol. The topological polar surface area (TPSA) is 50.2 Å². The number of carbonyl (C=O) groups is 1. The molecule has 0 bridgehead atoms. The van der Waals surface area contributed by atoms with E-state index >= 15 is 0 Å². The first kappa shape index (κ1) is 13.6. The van der Waals surface area contributed by atoms with E-state index < -0.39 is 5.97 Å². The first-order chi connectivity index (χ1) is 10.2. The number of pyridine rings is 1. The molecule has 2 aromatic carbocycles. The van der Waals surface area contributed by atoms with Crippen LogP contribution in [0.1, 0.15) is 16.1 Å². The molecule has 0 radical (unpaired) electrons. The SMILES string of the molecule is O=C(O)c1ccc(SCc2ccc3ccccc3n2)cc1. The Bertz CT molecular complexity index is 784. The molecule has 1 aromatic heterocycles. The number of nitrogens with zero attached hydrogens (tertiary/aromatic N) is 1. The van der Waals surface area contributed by atoms with Gasteiger partial charge in [-0.1, -0.05) is 24.3 Å². The van der Waals surface area contributed by atoms with E-state index in [0.29, 0.717) is 5.56 Å². The molecular formula is C17H13NO2S. The molecule has 0 aliphatic rings. The number of carboxylic acid groups (broad SMARTS) is 1. The van der Waals surface area contributed by atoms with Crippen molar-refractivity contribution < 1.29 is 9.90 Å². The van der Waals surface area contributed by atoms with E-state index in [4.69, 9.17) is 5.11 Å². The minimum atomic E-state index is -0.900. The zero-order valence-electron chi connectivity index (χ0n) is 11.2. The van der Waals surface area contributed by atoms with Crippen molar-refractivity contribution in [1.29, 1.82) is 0 Å². The van der Waals surface area contributed by atoms with Crippen LogP contribution in [0.4, 0.5) is 0 Å². The van der Waals surface area contributed by atoms with Gasteiger partial charge in [0.05, 0.1) is 16.8 Å². The smallest absolute Gasteiger partial charge is 0.335 e. The van der Waals surface area contributed by atoms with Crippen LogP contribution in [0.15, 0.2) is 65.6 Å². The maximum absolute atomic E-state index is 10.8. The summed E-state index contributed by atoms with van der Waals surface area (Å²) in [4.78, 5) is 16.5. The Morgan fingerprint density at radius 1 is 1.00 bits per heavy atom. The Balaban J connectivity index is 1.72. The molecule has 1 heterocycles. The number of rotatable bonds is 4. The predicted octanol–water partition coefficient (Wildman–Crippen LogP) is 4.23. The lowest BCUT2D eigenvalue weighted by Gasteiger charge is -2.04. The summed E-state index contributed by atoms with van der Waals surface area (Å²) in [6.07, 6.45) is 0. The van der Waals surface area contributed by atoms with Crippen molar-refractivity contribution in [2.45, 2.75) is 10.6 Å². The van der Waals surface area contributed by atoms with E-state index in [-0.39, 0.29) is 0 Å². The Kier molecular flexibility index (Phi) is 3.88. The zero-order valence-corrected chi connectivity index (χ0v) is 12.0. The molecule has 0 saturated heterocycles. The van der Waals surface area contributed by atoms with Crippen molar-refractivity contribution in [2.75, 3.05) is 0 Å². The second-order valence-electron chi connectivity index (χ2n) is 4.61. The van der Waals surface area contributed by atoms with Gasteiger partial charge in [0.2, 0.25) is 0 Å². The lowest BCUT2D eigenvalue weighted by molar-refractivity contribution is 0.0697. The van der Waals surface area contributed by atoms with E-state index in [1.807, 2.05) is 42.5 Å². The number of aromatic carboxylic acids is 1. The number of benzene rings is 2. The Morgan fingerprint density at radius 3 is 2.52 bits per heavy atom. The van der Waals surface area contributed by atoms with Crippen LogP contribution in [-0.2, 0) is 5.75 Å². The second-order valence-corrected chi connectivity index (χ2v) is 5.66. The van der Waals surface area contributed by atoms with Crippen LogP contribution in [0.3, 0.4) is 0 Å². The van der Waals surface area contributed by atoms with Gasteiger partial charge >= 0.3 is 5.97 Å². The number of thioether (sulfide) groups is 1. The third-order valence-corrected chi connectivity index (χ3v) is 4.19. The van der Waals surface area contributed by atoms with Crippen LogP contribution in [0, 0.1) is 0 Å². The van der Waals surface area contributed by atoms with Crippen molar-refractivity contribution in [1.82, 2.24) is 4.98 Å². The molecule has 0 aliphatic carbocycles. The highest BCUT2D eigenvalue weighted by Gasteiger charge is 2.03. The number of fused-ring (bicyclic) bond motifs is 1. The second kappa shape index (κ2) is 5.97. The number of carboxylic acids is 1. The summed E-state index contributed by atoms with van der Waals surface area (Å²) in [6, 6.07) is 19.0. The molecule has 0 saturated carbocycles.